The Morgan fingerprint density at radius 1 is 1.40 bits per heavy atom. The first-order chi connectivity index (χ1) is 9.61. The molecule has 2 rings (SSSR count). The van der Waals surface area contributed by atoms with Gasteiger partial charge in [0, 0.05) is 29.4 Å². The van der Waals surface area contributed by atoms with Crippen molar-refractivity contribution in [2.24, 2.45) is 5.11 Å². The monoisotopic (exact) mass is 275 g/mol. The first kappa shape index (κ1) is 13.2. The number of hydrogen-bond acceptors (Lipinski definition) is 6. The van der Waals surface area contributed by atoms with Crippen LogP contribution in [0.4, 0.5) is 0 Å². The van der Waals surface area contributed by atoms with Gasteiger partial charge in [-0.2, -0.15) is 0 Å². The molecule has 0 saturated heterocycles. The van der Waals surface area contributed by atoms with Gasteiger partial charge in [-0.1, -0.05) is 5.11 Å². The highest BCUT2D eigenvalue weighted by Gasteiger charge is 2.14. The van der Waals surface area contributed by atoms with E-state index in [9.17, 15) is 15.0 Å². The molecule has 2 aromatic heterocycles. The van der Waals surface area contributed by atoms with E-state index in [2.05, 4.69) is 15.0 Å². The van der Waals surface area contributed by atoms with Gasteiger partial charge in [0.1, 0.15) is 0 Å². The molecule has 0 bridgehead atoms. The maximum Gasteiger partial charge on any atom is 0.365 e. The van der Waals surface area contributed by atoms with Crippen LogP contribution in [0.2, 0.25) is 0 Å². The first-order valence-corrected chi connectivity index (χ1v) is 5.39. The van der Waals surface area contributed by atoms with Gasteiger partial charge in [0.05, 0.1) is 12.1 Å². The van der Waals surface area contributed by atoms with Crippen molar-refractivity contribution in [3.8, 4) is 11.8 Å². The predicted octanol–water partition coefficient (Wildman–Crippen LogP) is 1.37. The molecule has 2 N–H and O–H groups in total. The van der Waals surface area contributed by atoms with Crippen LogP contribution in [0.15, 0.2) is 35.7 Å². The first-order valence-electron chi connectivity index (χ1n) is 5.39. The standard InChI is InChI=1S/C11H9N5O4/c12-15-14-5-7-3-8(6-13-4-7)11(19)20-16-9(17)1-2-10(16)18/h1-4,6,17-18H,5H2. The fourth-order valence-electron chi connectivity index (χ4n) is 1.43. The summed E-state index contributed by atoms with van der Waals surface area (Å²) in [5.74, 6) is -1.68. The van der Waals surface area contributed by atoms with E-state index < -0.39 is 17.7 Å². The molecule has 0 atom stereocenters. The van der Waals surface area contributed by atoms with Crippen LogP contribution in [0, 0.1) is 0 Å². The van der Waals surface area contributed by atoms with Crippen molar-refractivity contribution in [2.45, 2.75) is 6.54 Å². The minimum atomic E-state index is -0.831. The molecule has 0 unspecified atom stereocenters. The number of azide groups is 1. The maximum atomic E-state index is 11.8. The average molecular weight is 275 g/mol. The molecule has 0 aliphatic carbocycles. The summed E-state index contributed by atoms with van der Waals surface area (Å²) in [6, 6.07) is 3.76. The van der Waals surface area contributed by atoms with Crippen molar-refractivity contribution in [1.82, 2.24) is 9.71 Å². The smallest absolute Gasteiger partial charge is 0.365 e. The third-order valence-corrected chi connectivity index (χ3v) is 2.32. The van der Waals surface area contributed by atoms with Gasteiger partial charge < -0.3 is 15.1 Å². The summed E-state index contributed by atoms with van der Waals surface area (Å²) < 4.78 is 0.572. The molecule has 9 nitrogen and oxygen atoms in total. The van der Waals surface area contributed by atoms with Gasteiger partial charge in [0.2, 0.25) is 11.8 Å². The zero-order valence-corrected chi connectivity index (χ0v) is 10.0. The summed E-state index contributed by atoms with van der Waals surface area (Å²) in [6.45, 7) is 0.0463. The van der Waals surface area contributed by atoms with Gasteiger partial charge in [-0.3, -0.25) is 4.98 Å². The molecule has 9 heteroatoms. The molecule has 0 radical (unpaired) electrons. The van der Waals surface area contributed by atoms with Crippen molar-refractivity contribution in [3.05, 3.63) is 52.2 Å². The Morgan fingerprint density at radius 3 is 2.75 bits per heavy atom. The van der Waals surface area contributed by atoms with Crippen LogP contribution in [0.3, 0.4) is 0 Å². The van der Waals surface area contributed by atoms with Crippen molar-refractivity contribution in [1.29, 1.82) is 0 Å². The van der Waals surface area contributed by atoms with Crippen molar-refractivity contribution >= 4 is 5.97 Å². The normalized spacial score (nSPS) is 9.80. The van der Waals surface area contributed by atoms with Crippen LogP contribution in [-0.2, 0) is 6.54 Å². The van der Waals surface area contributed by atoms with Crippen molar-refractivity contribution < 1.29 is 19.8 Å². The van der Waals surface area contributed by atoms with E-state index >= 15 is 0 Å². The molecule has 2 heterocycles. The minimum absolute atomic E-state index is 0.0463. The highest BCUT2D eigenvalue weighted by atomic mass is 16.7. The lowest BCUT2D eigenvalue weighted by molar-refractivity contribution is 0.0381. The van der Waals surface area contributed by atoms with E-state index in [-0.39, 0.29) is 12.1 Å². The summed E-state index contributed by atoms with van der Waals surface area (Å²) in [5, 5.41) is 22.1. The second kappa shape index (κ2) is 5.63. The highest BCUT2D eigenvalue weighted by Crippen LogP contribution is 2.19. The quantitative estimate of drug-likeness (QED) is 0.493. The van der Waals surface area contributed by atoms with E-state index in [4.69, 9.17) is 10.4 Å². The summed E-state index contributed by atoms with van der Waals surface area (Å²) in [4.78, 5) is 23.0. The highest BCUT2D eigenvalue weighted by molar-refractivity contribution is 5.89. The Hall–Kier alpha value is -3.19. The van der Waals surface area contributed by atoms with Gasteiger partial charge in [0.15, 0.2) is 0 Å². The summed E-state index contributed by atoms with van der Waals surface area (Å²) in [5.41, 5.74) is 8.84. The number of rotatable bonds is 4. The molecule has 0 aromatic carbocycles. The van der Waals surface area contributed by atoms with Crippen LogP contribution >= 0.6 is 0 Å². The van der Waals surface area contributed by atoms with E-state index in [0.717, 1.165) is 0 Å². The Bertz CT molecular complexity index is 670. The van der Waals surface area contributed by atoms with E-state index in [1.54, 1.807) is 0 Å². The summed E-state index contributed by atoms with van der Waals surface area (Å²) in [6.07, 6.45) is 2.69. The fraction of sp³-hybridized carbons (Fsp3) is 0.0909. The average Bonchev–Trinajstić information content (AvgIpc) is 2.77. The van der Waals surface area contributed by atoms with Gasteiger partial charge in [-0.05, 0) is 17.2 Å². The molecule has 0 aliphatic heterocycles. The predicted molar refractivity (Wildman–Crippen MR) is 65.8 cm³/mol. The molecular weight excluding hydrogens is 266 g/mol. The molecule has 0 aliphatic rings. The van der Waals surface area contributed by atoms with E-state index in [0.29, 0.717) is 10.3 Å². The number of carbonyl (C=O) groups excluding carboxylic acids is 1. The summed E-state index contributed by atoms with van der Waals surface area (Å²) >= 11 is 0. The van der Waals surface area contributed by atoms with Crippen molar-refractivity contribution in [3.63, 3.8) is 0 Å². The zero-order valence-electron chi connectivity index (χ0n) is 10.0. The molecule has 102 valence electrons. The zero-order chi connectivity index (χ0) is 14.5. The third-order valence-electron chi connectivity index (χ3n) is 2.32. The molecule has 0 fully saturated rings. The topological polar surface area (TPSA) is 133 Å². The van der Waals surface area contributed by atoms with E-state index in [1.165, 1.54) is 30.6 Å². The molecular formula is C11H9N5O4. The number of aromatic hydroxyl groups is 2. The van der Waals surface area contributed by atoms with E-state index in [1.807, 2.05) is 0 Å². The van der Waals surface area contributed by atoms with Gasteiger partial charge in [-0.15, -0.1) is 4.73 Å². The van der Waals surface area contributed by atoms with Gasteiger partial charge >= 0.3 is 5.97 Å². The molecule has 0 amide bonds. The van der Waals surface area contributed by atoms with Crippen molar-refractivity contribution in [2.75, 3.05) is 0 Å². The SMILES string of the molecule is [N-]=[N+]=NCc1cncc(C(=O)On2c(O)ccc2O)c1. The molecule has 0 saturated carbocycles. The lowest BCUT2D eigenvalue weighted by atomic mass is 10.2. The Morgan fingerprint density at radius 2 is 2.10 bits per heavy atom. The number of aromatic nitrogens is 2. The van der Waals surface area contributed by atoms with Gasteiger partial charge in [-0.25, -0.2) is 4.79 Å². The lowest BCUT2D eigenvalue weighted by Crippen LogP contribution is -2.19. The Labute approximate surface area is 112 Å². The molecule has 20 heavy (non-hydrogen) atoms. The lowest BCUT2D eigenvalue weighted by Gasteiger charge is -2.07. The third kappa shape index (κ3) is 2.79. The molecule has 0 spiro atoms. The van der Waals surface area contributed by atoms with Crippen LogP contribution < -0.4 is 4.84 Å². The molecule has 2 aromatic rings. The number of carbonyl (C=O) groups is 1. The summed E-state index contributed by atoms with van der Waals surface area (Å²) in [7, 11) is 0. The maximum absolute atomic E-state index is 11.8. The second-order valence-corrected chi connectivity index (χ2v) is 3.69. The van der Waals surface area contributed by atoms with Crippen LogP contribution in [0.1, 0.15) is 15.9 Å². The number of nitrogens with zero attached hydrogens (tertiary/aromatic N) is 5. The van der Waals surface area contributed by atoms with Crippen LogP contribution in [0.25, 0.3) is 10.4 Å². The Balaban J connectivity index is 2.19. The number of pyridine rings is 1. The second-order valence-electron chi connectivity index (χ2n) is 3.69. The Kier molecular flexibility index (Phi) is 3.73. The van der Waals surface area contributed by atoms with Crippen LogP contribution in [0.5, 0.6) is 11.8 Å². The largest absolute Gasteiger partial charge is 0.492 e. The van der Waals surface area contributed by atoms with Crippen LogP contribution in [-0.4, -0.2) is 25.9 Å². The fourth-order valence-corrected chi connectivity index (χ4v) is 1.43. The number of hydrogen-bond donors (Lipinski definition) is 2. The minimum Gasteiger partial charge on any atom is -0.492 e. The van der Waals surface area contributed by atoms with Gasteiger partial charge in [0.25, 0.3) is 0 Å².